The van der Waals surface area contributed by atoms with E-state index >= 15 is 0 Å². The van der Waals surface area contributed by atoms with Crippen LogP contribution in [-0.4, -0.2) is 25.4 Å². The van der Waals surface area contributed by atoms with Gasteiger partial charge in [-0.05, 0) is 31.2 Å². The Morgan fingerprint density at radius 2 is 2.04 bits per heavy atom. The molecule has 2 N–H and O–H groups in total. The van der Waals surface area contributed by atoms with E-state index < -0.39 is 0 Å². The third kappa shape index (κ3) is 2.24. The molecule has 6 heteroatoms. The molecule has 6 nitrogen and oxygen atoms in total. The number of carbonyl (C=O) groups is 1. The van der Waals surface area contributed by atoms with Crippen molar-refractivity contribution < 1.29 is 4.79 Å². The van der Waals surface area contributed by atoms with Gasteiger partial charge in [0.2, 0.25) is 5.91 Å². The standard InChI is InChI=1S/C17H15N5O/c1-11(22-10-20-12-5-2-3-8-15(12)22)17(23)21-14-7-4-6-13-16(14)19-9-18-13/h2-11H,1H3,(H,18,19)(H,21,23)/t11-/m0/s1. The Balaban J connectivity index is 1.65. The third-order valence-electron chi connectivity index (χ3n) is 3.99. The van der Waals surface area contributed by atoms with Crippen LogP contribution in [0.1, 0.15) is 13.0 Å². The largest absolute Gasteiger partial charge is 0.345 e. The second kappa shape index (κ2) is 5.24. The number of hydrogen-bond donors (Lipinski definition) is 2. The minimum Gasteiger partial charge on any atom is -0.345 e. The number of carbonyl (C=O) groups excluding carboxylic acids is 1. The van der Waals surface area contributed by atoms with Crippen LogP contribution in [0.2, 0.25) is 0 Å². The average molecular weight is 305 g/mol. The molecule has 0 aliphatic carbocycles. The molecule has 0 aliphatic heterocycles. The summed E-state index contributed by atoms with van der Waals surface area (Å²) in [5.41, 5.74) is 4.16. The molecule has 0 saturated heterocycles. The van der Waals surface area contributed by atoms with Gasteiger partial charge in [-0.3, -0.25) is 4.79 Å². The number of aromatic nitrogens is 4. The van der Waals surface area contributed by atoms with Crippen LogP contribution in [0.25, 0.3) is 22.1 Å². The van der Waals surface area contributed by atoms with Crippen molar-refractivity contribution in [1.29, 1.82) is 0 Å². The summed E-state index contributed by atoms with van der Waals surface area (Å²) in [6.07, 6.45) is 3.32. The number of nitrogens with zero attached hydrogens (tertiary/aromatic N) is 3. The Labute approximate surface area is 132 Å². The van der Waals surface area contributed by atoms with Crippen LogP contribution in [-0.2, 0) is 4.79 Å². The molecule has 2 aromatic heterocycles. The monoisotopic (exact) mass is 305 g/mol. The van der Waals surface area contributed by atoms with Gasteiger partial charge in [0.05, 0.1) is 34.9 Å². The highest BCUT2D eigenvalue weighted by atomic mass is 16.2. The SMILES string of the molecule is C[C@@H](C(=O)Nc1cccc2[nH]cnc12)n1cnc2ccccc21. The lowest BCUT2D eigenvalue weighted by atomic mass is 10.2. The van der Waals surface area contributed by atoms with Crippen molar-refractivity contribution in [1.82, 2.24) is 19.5 Å². The second-order valence-corrected chi connectivity index (χ2v) is 5.41. The van der Waals surface area contributed by atoms with Crippen molar-refractivity contribution in [3.05, 3.63) is 55.1 Å². The van der Waals surface area contributed by atoms with E-state index in [1.165, 1.54) is 0 Å². The summed E-state index contributed by atoms with van der Waals surface area (Å²) >= 11 is 0. The number of aromatic amines is 1. The average Bonchev–Trinajstić information content (AvgIpc) is 3.21. The number of anilines is 1. The number of H-pyrrole nitrogens is 1. The lowest BCUT2D eigenvalue weighted by Crippen LogP contribution is -2.23. The van der Waals surface area contributed by atoms with Crippen LogP contribution in [0.15, 0.2) is 55.1 Å². The van der Waals surface area contributed by atoms with Crippen molar-refractivity contribution in [2.75, 3.05) is 5.32 Å². The summed E-state index contributed by atoms with van der Waals surface area (Å²) in [6.45, 7) is 1.86. The molecule has 0 spiro atoms. The minimum atomic E-state index is -0.378. The van der Waals surface area contributed by atoms with Gasteiger partial charge >= 0.3 is 0 Å². The molecule has 1 atom stereocenters. The zero-order valence-electron chi connectivity index (χ0n) is 12.5. The first-order valence-electron chi connectivity index (χ1n) is 7.38. The van der Waals surface area contributed by atoms with Crippen molar-refractivity contribution in [2.45, 2.75) is 13.0 Å². The van der Waals surface area contributed by atoms with Crippen molar-refractivity contribution >= 4 is 33.7 Å². The maximum atomic E-state index is 12.6. The summed E-state index contributed by atoms with van der Waals surface area (Å²) < 4.78 is 1.87. The molecule has 0 saturated carbocycles. The fourth-order valence-corrected chi connectivity index (χ4v) is 2.72. The number of amides is 1. The smallest absolute Gasteiger partial charge is 0.247 e. The molecule has 0 radical (unpaired) electrons. The fourth-order valence-electron chi connectivity index (χ4n) is 2.72. The van der Waals surface area contributed by atoms with Crippen molar-refractivity contribution in [2.24, 2.45) is 0 Å². The van der Waals surface area contributed by atoms with Crippen LogP contribution in [0.4, 0.5) is 5.69 Å². The fraction of sp³-hybridized carbons (Fsp3) is 0.118. The summed E-state index contributed by atoms with van der Waals surface area (Å²) in [6, 6.07) is 13.0. The number of benzene rings is 2. The zero-order chi connectivity index (χ0) is 15.8. The van der Waals surface area contributed by atoms with E-state index in [4.69, 9.17) is 0 Å². The summed E-state index contributed by atoms with van der Waals surface area (Å²) in [5.74, 6) is -0.108. The Morgan fingerprint density at radius 3 is 2.96 bits per heavy atom. The van der Waals surface area contributed by atoms with Gasteiger partial charge < -0.3 is 14.9 Å². The van der Waals surface area contributed by atoms with Gasteiger partial charge in [0.1, 0.15) is 11.6 Å². The number of rotatable bonds is 3. The van der Waals surface area contributed by atoms with E-state index in [2.05, 4.69) is 20.3 Å². The molecule has 0 fully saturated rings. The van der Waals surface area contributed by atoms with Crippen molar-refractivity contribution in [3.8, 4) is 0 Å². The molecule has 23 heavy (non-hydrogen) atoms. The highest BCUT2D eigenvalue weighted by molar-refractivity contribution is 6.01. The molecular formula is C17H15N5O. The molecule has 2 aromatic carbocycles. The Morgan fingerprint density at radius 1 is 1.17 bits per heavy atom. The van der Waals surface area contributed by atoms with Crippen LogP contribution in [0.3, 0.4) is 0 Å². The number of imidazole rings is 2. The molecule has 0 unspecified atom stereocenters. The minimum absolute atomic E-state index is 0.108. The first-order valence-corrected chi connectivity index (χ1v) is 7.38. The number of nitrogens with one attached hydrogen (secondary N) is 2. The summed E-state index contributed by atoms with van der Waals surface area (Å²) in [5, 5.41) is 2.95. The van der Waals surface area contributed by atoms with Gasteiger partial charge in [-0.1, -0.05) is 18.2 Å². The number of hydrogen-bond acceptors (Lipinski definition) is 3. The topological polar surface area (TPSA) is 75.6 Å². The van der Waals surface area contributed by atoms with E-state index in [9.17, 15) is 4.79 Å². The molecule has 2 heterocycles. The van der Waals surface area contributed by atoms with Crippen LogP contribution in [0, 0.1) is 0 Å². The number of fused-ring (bicyclic) bond motifs is 2. The first kappa shape index (κ1) is 13.5. The molecule has 1 amide bonds. The van der Waals surface area contributed by atoms with E-state index in [1.54, 1.807) is 12.7 Å². The summed E-state index contributed by atoms with van der Waals surface area (Å²) in [4.78, 5) is 24.2. The lowest BCUT2D eigenvalue weighted by Gasteiger charge is -2.14. The molecule has 0 bridgehead atoms. The second-order valence-electron chi connectivity index (χ2n) is 5.41. The third-order valence-corrected chi connectivity index (χ3v) is 3.99. The molecule has 4 rings (SSSR count). The van der Waals surface area contributed by atoms with Gasteiger partial charge in [-0.25, -0.2) is 9.97 Å². The van der Waals surface area contributed by atoms with Crippen LogP contribution >= 0.6 is 0 Å². The maximum absolute atomic E-state index is 12.6. The van der Waals surface area contributed by atoms with E-state index in [-0.39, 0.29) is 11.9 Å². The Bertz CT molecular complexity index is 1000. The lowest BCUT2D eigenvalue weighted by molar-refractivity contribution is -0.118. The Hall–Kier alpha value is -3.15. The van der Waals surface area contributed by atoms with Gasteiger partial charge in [0.15, 0.2) is 0 Å². The maximum Gasteiger partial charge on any atom is 0.247 e. The zero-order valence-corrected chi connectivity index (χ0v) is 12.5. The van der Waals surface area contributed by atoms with Gasteiger partial charge in [-0.15, -0.1) is 0 Å². The van der Waals surface area contributed by atoms with Gasteiger partial charge in [0.25, 0.3) is 0 Å². The van der Waals surface area contributed by atoms with E-state index in [0.717, 1.165) is 22.1 Å². The summed E-state index contributed by atoms with van der Waals surface area (Å²) in [7, 11) is 0. The molecule has 114 valence electrons. The number of para-hydroxylation sites is 3. The predicted octanol–water partition coefficient (Wildman–Crippen LogP) is 3.11. The van der Waals surface area contributed by atoms with Gasteiger partial charge in [-0.2, -0.15) is 0 Å². The van der Waals surface area contributed by atoms with Crippen molar-refractivity contribution in [3.63, 3.8) is 0 Å². The predicted molar refractivity (Wildman–Crippen MR) is 89.2 cm³/mol. The first-order chi connectivity index (χ1) is 11.2. The molecule has 0 aliphatic rings. The normalized spacial score (nSPS) is 12.6. The quantitative estimate of drug-likeness (QED) is 0.610. The molecule has 4 aromatic rings. The van der Waals surface area contributed by atoms with E-state index in [0.29, 0.717) is 5.69 Å². The highest BCUT2D eigenvalue weighted by Gasteiger charge is 2.18. The van der Waals surface area contributed by atoms with Crippen LogP contribution in [0.5, 0.6) is 0 Å². The van der Waals surface area contributed by atoms with Gasteiger partial charge in [0, 0.05) is 0 Å². The van der Waals surface area contributed by atoms with E-state index in [1.807, 2.05) is 54.0 Å². The Kier molecular flexibility index (Phi) is 3.08. The highest BCUT2D eigenvalue weighted by Crippen LogP contribution is 2.22. The molecular weight excluding hydrogens is 290 g/mol. The van der Waals surface area contributed by atoms with Crippen LogP contribution < -0.4 is 5.32 Å².